The van der Waals surface area contributed by atoms with E-state index in [9.17, 15) is 33.3 Å². The van der Waals surface area contributed by atoms with Gasteiger partial charge in [-0.05, 0) is 89.6 Å². The van der Waals surface area contributed by atoms with E-state index in [1.165, 1.54) is 64.7 Å². The van der Waals surface area contributed by atoms with Gasteiger partial charge >= 0.3 is 31.3 Å². The molecule has 2 aliphatic rings. The van der Waals surface area contributed by atoms with Crippen molar-refractivity contribution >= 4 is 54.5 Å². The molecule has 316 valence electrons. The number of para-hydroxylation sites is 1. The average molecular weight is 834 g/mol. The summed E-state index contributed by atoms with van der Waals surface area (Å²) in [5.41, 5.74) is 0.853. The van der Waals surface area contributed by atoms with Gasteiger partial charge in [-0.25, -0.2) is 4.79 Å². The van der Waals surface area contributed by atoms with Crippen molar-refractivity contribution < 1.29 is 65.4 Å². The van der Waals surface area contributed by atoms with Crippen LogP contribution in [0.15, 0.2) is 48.5 Å². The van der Waals surface area contributed by atoms with Gasteiger partial charge in [0.1, 0.15) is 12.6 Å². The largest absolute Gasteiger partial charge is 0.448 e. The topological polar surface area (TPSA) is 207 Å². The summed E-state index contributed by atoms with van der Waals surface area (Å²) in [6, 6.07) is 9.14. The molecule has 2 heterocycles. The minimum Gasteiger partial charge on any atom is -0.448 e. The summed E-state index contributed by atoms with van der Waals surface area (Å²) in [5.74, 6) is -3.68. The summed E-state index contributed by atoms with van der Waals surface area (Å²) >= 11 is 0. The zero-order chi connectivity index (χ0) is 43.2. The standard InChI is InChI=1S/C40H50F2N3O12P/c1-24(19-30(46)20-28-12-11-26-9-8-10-27-21-31(45(32(26)27)34(28)48)33(47)44-17-18-53-37(43)51)25-13-15-29(16-14-25)40(41,42)58(52,56-22-54-35(49)38(2,3)4)57-23-55-36(50)39(5,6)7/h8-10,13-16,19,28,31H,11-12,17-18,20-23H2,1-7H3,(H2,43,51)(H,44,47)/b24-19+/t28-,31+/m1/s1. The normalized spacial score (nSPS) is 17.2. The van der Waals surface area contributed by atoms with E-state index < -0.39 is 90.8 Å². The number of halogens is 2. The van der Waals surface area contributed by atoms with Crippen LogP contribution in [0.3, 0.4) is 0 Å². The lowest BCUT2D eigenvalue weighted by molar-refractivity contribution is -0.163. The van der Waals surface area contributed by atoms with Gasteiger partial charge in [-0.1, -0.05) is 42.5 Å². The van der Waals surface area contributed by atoms with Gasteiger partial charge in [-0.3, -0.25) is 42.5 Å². The molecule has 15 nitrogen and oxygen atoms in total. The molecule has 2 aliphatic heterocycles. The maximum Gasteiger partial charge on any atom is 0.410 e. The Bertz CT molecular complexity index is 1950. The molecule has 3 N–H and O–H groups in total. The summed E-state index contributed by atoms with van der Waals surface area (Å²) in [6.07, 6.45) is 1.20. The summed E-state index contributed by atoms with van der Waals surface area (Å²) in [7, 11) is -5.54. The molecule has 0 aromatic heterocycles. The van der Waals surface area contributed by atoms with Crippen LogP contribution in [0.25, 0.3) is 5.57 Å². The number of alkyl halides is 2. The summed E-state index contributed by atoms with van der Waals surface area (Å²) in [6.45, 7) is 8.23. The number of nitrogens with zero attached hydrogens (tertiary/aromatic N) is 1. The van der Waals surface area contributed by atoms with E-state index in [1.54, 1.807) is 6.92 Å². The molecule has 3 amide bonds. The molecule has 2 atom stereocenters. The van der Waals surface area contributed by atoms with Crippen molar-refractivity contribution in [3.05, 3.63) is 70.8 Å². The molecule has 0 spiro atoms. The monoisotopic (exact) mass is 833 g/mol. The smallest absolute Gasteiger partial charge is 0.410 e. The Morgan fingerprint density at radius 3 is 2.02 bits per heavy atom. The molecule has 0 aliphatic carbocycles. The highest BCUT2D eigenvalue weighted by atomic mass is 31.2. The second-order valence-electron chi connectivity index (χ2n) is 16.0. The van der Waals surface area contributed by atoms with Crippen molar-refractivity contribution in [2.24, 2.45) is 22.5 Å². The first-order valence-corrected chi connectivity index (χ1v) is 20.1. The number of ether oxygens (including phenoxy) is 3. The fraction of sp³-hybridized carbons (Fsp3) is 0.500. The van der Waals surface area contributed by atoms with Gasteiger partial charge in [0.2, 0.25) is 25.4 Å². The van der Waals surface area contributed by atoms with Gasteiger partial charge in [-0.2, -0.15) is 8.78 Å². The van der Waals surface area contributed by atoms with Crippen LogP contribution in [0, 0.1) is 16.7 Å². The van der Waals surface area contributed by atoms with Crippen LogP contribution in [0.1, 0.15) is 83.6 Å². The molecule has 0 bridgehead atoms. The summed E-state index contributed by atoms with van der Waals surface area (Å²) < 4.78 is 69.9. The fourth-order valence-corrected chi connectivity index (χ4v) is 7.43. The second-order valence-corrected chi connectivity index (χ2v) is 18.1. The van der Waals surface area contributed by atoms with Crippen LogP contribution in [0.4, 0.5) is 19.3 Å². The molecule has 58 heavy (non-hydrogen) atoms. The summed E-state index contributed by atoms with van der Waals surface area (Å²) in [4.78, 5) is 77.4. The number of esters is 2. The molecule has 0 saturated heterocycles. The number of rotatable bonds is 16. The molecule has 0 saturated carbocycles. The van der Waals surface area contributed by atoms with Crippen LogP contribution >= 0.6 is 7.60 Å². The highest BCUT2D eigenvalue weighted by Gasteiger charge is 2.56. The number of carbonyl (C=O) groups is 6. The first-order valence-electron chi connectivity index (χ1n) is 18.5. The maximum absolute atomic E-state index is 16.0. The minimum absolute atomic E-state index is 0.0153. The number of allylic oxidation sites excluding steroid dienone is 2. The molecule has 0 fully saturated rings. The number of amides is 3. The lowest BCUT2D eigenvalue weighted by Gasteiger charge is -2.27. The van der Waals surface area contributed by atoms with E-state index in [2.05, 4.69) is 10.1 Å². The minimum atomic E-state index is -5.54. The van der Waals surface area contributed by atoms with Gasteiger partial charge in [0.25, 0.3) is 0 Å². The molecule has 0 radical (unpaired) electrons. The third-order valence-electron chi connectivity index (χ3n) is 9.37. The third kappa shape index (κ3) is 10.9. The Kier molecular flexibility index (Phi) is 14.4. The van der Waals surface area contributed by atoms with E-state index in [0.29, 0.717) is 29.7 Å². The molecule has 18 heteroatoms. The number of nitrogens with two attached hydrogens (primary N) is 1. The van der Waals surface area contributed by atoms with Crippen molar-refractivity contribution in [2.75, 3.05) is 31.6 Å². The van der Waals surface area contributed by atoms with Crippen molar-refractivity contribution in [1.82, 2.24) is 5.32 Å². The lowest BCUT2D eigenvalue weighted by Crippen LogP contribution is -2.50. The number of ketones is 1. The van der Waals surface area contributed by atoms with Crippen LogP contribution in [-0.2, 0) is 70.3 Å². The number of primary amides is 1. The van der Waals surface area contributed by atoms with E-state index >= 15 is 8.78 Å². The Morgan fingerprint density at radius 2 is 1.47 bits per heavy atom. The number of benzene rings is 2. The molecule has 2 aromatic carbocycles. The third-order valence-corrected chi connectivity index (χ3v) is 11.2. The number of carbonyl (C=O) groups excluding carboxylic acids is 6. The Labute approximate surface area is 335 Å². The highest BCUT2D eigenvalue weighted by molar-refractivity contribution is 7.54. The fourth-order valence-electron chi connectivity index (χ4n) is 6.18. The second kappa shape index (κ2) is 18.3. The van der Waals surface area contributed by atoms with Crippen molar-refractivity contribution in [1.29, 1.82) is 0 Å². The summed E-state index contributed by atoms with van der Waals surface area (Å²) in [5, 5.41) is 2.67. The number of anilines is 1. The molecular weight excluding hydrogens is 783 g/mol. The Hall–Kier alpha value is -4.99. The number of aryl methyl sites for hydroxylation is 1. The number of nitrogens with one attached hydrogen (secondary N) is 1. The lowest BCUT2D eigenvalue weighted by atomic mass is 9.92. The van der Waals surface area contributed by atoms with Crippen LogP contribution in [-0.4, -0.2) is 68.4 Å². The van der Waals surface area contributed by atoms with Gasteiger partial charge in [0.15, 0.2) is 5.78 Å². The van der Waals surface area contributed by atoms with Crippen molar-refractivity contribution in [2.45, 2.75) is 85.9 Å². The van der Waals surface area contributed by atoms with Crippen molar-refractivity contribution in [3.8, 4) is 0 Å². The van der Waals surface area contributed by atoms with Crippen molar-refractivity contribution in [3.63, 3.8) is 0 Å². The number of hydrogen-bond acceptors (Lipinski definition) is 12. The SMILES string of the molecule is C/C(=C\C(=O)C[C@H]1CCc2cccc3c2N(C1=O)[C@H](C(=O)NCCOC(N)=O)C3)c1ccc(C(F)(F)P(=O)(OCOC(=O)C(C)(C)C)OCOC(=O)C(C)(C)C)cc1. The van der Waals surface area contributed by atoms with Gasteiger partial charge in [0, 0.05) is 24.3 Å². The van der Waals surface area contributed by atoms with Gasteiger partial charge in [0.05, 0.1) is 23.1 Å². The van der Waals surface area contributed by atoms with E-state index in [0.717, 1.165) is 23.3 Å². The van der Waals surface area contributed by atoms with E-state index in [-0.39, 0.29) is 26.0 Å². The zero-order valence-electron chi connectivity index (χ0n) is 33.6. The van der Waals surface area contributed by atoms with Gasteiger partial charge in [-0.15, -0.1) is 0 Å². The predicted molar refractivity (Wildman–Crippen MR) is 206 cm³/mol. The Morgan fingerprint density at radius 1 is 0.897 bits per heavy atom. The highest BCUT2D eigenvalue weighted by Crippen LogP contribution is 2.67. The first kappa shape index (κ1) is 45.7. The van der Waals surface area contributed by atoms with Gasteiger partial charge < -0.3 is 25.3 Å². The maximum atomic E-state index is 16.0. The van der Waals surface area contributed by atoms with Crippen LogP contribution < -0.4 is 16.0 Å². The number of hydrogen-bond donors (Lipinski definition) is 2. The molecule has 0 unspecified atom stereocenters. The first-order chi connectivity index (χ1) is 27.0. The molecule has 2 aromatic rings. The average Bonchev–Trinajstić information content (AvgIpc) is 3.48. The van der Waals surface area contributed by atoms with Crippen LogP contribution in [0.5, 0.6) is 0 Å². The van der Waals surface area contributed by atoms with Crippen LogP contribution in [0.2, 0.25) is 0 Å². The van der Waals surface area contributed by atoms with E-state index in [4.69, 9.17) is 24.3 Å². The quantitative estimate of drug-likeness (QED) is 0.0488. The predicted octanol–water partition coefficient (Wildman–Crippen LogP) is 6.15. The van der Waals surface area contributed by atoms with E-state index in [1.807, 2.05) is 18.2 Å². The zero-order valence-corrected chi connectivity index (χ0v) is 34.5. The molecular formula is C40H50F2N3O12P. The Balaban J connectivity index is 1.48. The molecule has 4 rings (SSSR count).